The van der Waals surface area contributed by atoms with Gasteiger partial charge >= 0.3 is 0 Å². The van der Waals surface area contributed by atoms with Crippen molar-refractivity contribution < 1.29 is 0 Å². The van der Waals surface area contributed by atoms with Gasteiger partial charge in [0.25, 0.3) is 0 Å². The zero-order valence-electron chi connectivity index (χ0n) is 8.44. The first-order chi connectivity index (χ1) is 4.90. The number of hydrogen-bond acceptors (Lipinski definition) is 0. The van der Waals surface area contributed by atoms with Gasteiger partial charge < -0.3 is 0 Å². The summed E-state index contributed by atoms with van der Waals surface area (Å²) in [6.45, 7) is 12.2. The van der Waals surface area contributed by atoms with Crippen molar-refractivity contribution in [1.82, 2.24) is 0 Å². The number of rotatable bonds is 1. The van der Waals surface area contributed by atoms with E-state index in [1.807, 2.05) is 0 Å². The van der Waals surface area contributed by atoms with Crippen LogP contribution in [-0.2, 0) is 0 Å². The largest absolute Gasteiger partial charge is 0.0620 e. The van der Waals surface area contributed by atoms with Crippen LogP contribution in [0.5, 0.6) is 0 Å². The zero-order valence-corrected chi connectivity index (χ0v) is 8.44. The van der Waals surface area contributed by atoms with E-state index in [4.69, 9.17) is 0 Å². The Bertz CT molecular complexity index is 192. The third-order valence-corrected chi connectivity index (χ3v) is 4.79. The third kappa shape index (κ3) is 0.761. The number of hydrogen-bond donors (Lipinski definition) is 0. The minimum atomic E-state index is 0.652. The summed E-state index contributed by atoms with van der Waals surface area (Å²) >= 11 is 0. The Morgan fingerprint density at radius 1 is 1.09 bits per heavy atom. The molecule has 0 radical (unpaired) electrons. The molecule has 0 N–H and O–H groups in total. The van der Waals surface area contributed by atoms with E-state index in [1.54, 1.807) is 0 Å². The second-order valence-electron chi connectivity index (χ2n) is 5.70. The van der Waals surface area contributed by atoms with Gasteiger partial charge in [-0.2, -0.15) is 0 Å². The summed E-state index contributed by atoms with van der Waals surface area (Å²) in [5.41, 5.74) is 1.38. The first-order valence-corrected chi connectivity index (χ1v) is 4.90. The van der Waals surface area contributed by atoms with Crippen molar-refractivity contribution in [2.75, 3.05) is 0 Å². The lowest BCUT2D eigenvalue weighted by atomic mass is 9.94. The highest BCUT2D eigenvalue weighted by Crippen LogP contribution is 2.75. The zero-order chi connectivity index (χ0) is 8.44. The Hall–Kier alpha value is 0. The average molecular weight is 152 g/mol. The highest BCUT2D eigenvalue weighted by atomic mass is 14.7. The Balaban J connectivity index is 2.11. The van der Waals surface area contributed by atoms with Gasteiger partial charge in [-0.3, -0.25) is 0 Å². The second kappa shape index (κ2) is 1.67. The summed E-state index contributed by atoms with van der Waals surface area (Å²) in [7, 11) is 0. The van der Waals surface area contributed by atoms with E-state index >= 15 is 0 Å². The summed E-state index contributed by atoms with van der Waals surface area (Å²) < 4.78 is 0. The van der Waals surface area contributed by atoms with E-state index in [9.17, 15) is 0 Å². The molecule has 0 aromatic heterocycles. The molecule has 4 unspecified atom stereocenters. The third-order valence-electron chi connectivity index (χ3n) is 4.79. The molecule has 0 bridgehead atoms. The Morgan fingerprint density at radius 3 is 1.55 bits per heavy atom. The Morgan fingerprint density at radius 2 is 1.45 bits per heavy atom. The lowest BCUT2D eigenvalue weighted by Crippen LogP contribution is -2.05. The van der Waals surface area contributed by atoms with Gasteiger partial charge in [-0.05, 0) is 35.0 Å². The molecule has 0 heteroatoms. The van der Waals surface area contributed by atoms with Crippen LogP contribution in [0.2, 0.25) is 0 Å². The molecule has 2 fully saturated rings. The Kier molecular flexibility index (Phi) is 1.16. The molecule has 0 spiro atoms. The molecule has 0 heterocycles. The van der Waals surface area contributed by atoms with E-state index < -0.39 is 0 Å². The van der Waals surface area contributed by atoms with E-state index in [0.29, 0.717) is 5.41 Å². The van der Waals surface area contributed by atoms with Crippen LogP contribution in [0.3, 0.4) is 0 Å². The first-order valence-electron chi connectivity index (χ1n) is 4.90. The predicted octanol–water partition coefficient (Wildman–Crippen LogP) is 3.32. The molecule has 2 saturated carbocycles. The van der Waals surface area contributed by atoms with Crippen molar-refractivity contribution in [3.8, 4) is 0 Å². The molecule has 2 aliphatic carbocycles. The molecule has 0 amide bonds. The fourth-order valence-corrected chi connectivity index (χ4v) is 3.35. The molecular weight excluding hydrogens is 132 g/mol. The maximum absolute atomic E-state index is 2.48. The van der Waals surface area contributed by atoms with Crippen molar-refractivity contribution in [2.45, 2.75) is 41.0 Å². The summed E-state index contributed by atoms with van der Waals surface area (Å²) in [6, 6.07) is 0. The van der Waals surface area contributed by atoms with Crippen molar-refractivity contribution in [3.05, 3.63) is 0 Å². The molecule has 0 saturated heterocycles. The maximum atomic E-state index is 2.48. The summed E-state index contributed by atoms with van der Waals surface area (Å²) in [5, 5.41) is 0. The second-order valence-corrected chi connectivity index (χ2v) is 5.70. The van der Waals surface area contributed by atoms with Crippen LogP contribution in [0.1, 0.15) is 41.0 Å². The highest BCUT2D eigenvalue weighted by Gasteiger charge is 2.68. The summed E-state index contributed by atoms with van der Waals surface area (Å²) in [4.78, 5) is 0. The summed E-state index contributed by atoms with van der Waals surface area (Å²) in [5.74, 6) is 2.99. The van der Waals surface area contributed by atoms with Crippen molar-refractivity contribution in [2.24, 2.45) is 28.6 Å². The van der Waals surface area contributed by atoms with Gasteiger partial charge in [0.2, 0.25) is 0 Å². The van der Waals surface area contributed by atoms with Crippen LogP contribution in [-0.4, -0.2) is 0 Å². The fourth-order valence-electron chi connectivity index (χ4n) is 3.35. The monoisotopic (exact) mass is 152 g/mol. The first kappa shape index (κ1) is 7.64. The molecule has 11 heavy (non-hydrogen) atoms. The van der Waals surface area contributed by atoms with E-state index in [0.717, 1.165) is 23.2 Å². The predicted molar refractivity (Wildman–Crippen MR) is 48.3 cm³/mol. The molecule has 2 aliphatic rings. The summed E-state index contributed by atoms with van der Waals surface area (Å²) in [6.07, 6.45) is 1.48. The normalized spacial score (nSPS) is 59.2. The van der Waals surface area contributed by atoms with Crippen molar-refractivity contribution in [1.29, 1.82) is 0 Å². The van der Waals surface area contributed by atoms with Gasteiger partial charge in [-0.15, -0.1) is 0 Å². The van der Waals surface area contributed by atoms with Crippen LogP contribution in [0.4, 0.5) is 0 Å². The topological polar surface area (TPSA) is 0 Å². The van der Waals surface area contributed by atoms with Crippen molar-refractivity contribution >= 4 is 0 Å². The lowest BCUT2D eigenvalue weighted by Gasteiger charge is -2.10. The van der Waals surface area contributed by atoms with Gasteiger partial charge in [0.1, 0.15) is 0 Å². The minimum absolute atomic E-state index is 0.652. The molecule has 64 valence electrons. The molecule has 0 aromatic carbocycles. The van der Waals surface area contributed by atoms with Crippen LogP contribution in [0.25, 0.3) is 0 Å². The quantitative estimate of drug-likeness (QED) is 0.540. The molecular formula is C11H20. The molecule has 4 atom stereocenters. The Labute approximate surface area is 70.4 Å². The van der Waals surface area contributed by atoms with E-state index in [1.165, 1.54) is 6.42 Å². The molecule has 0 nitrogen and oxygen atoms in total. The van der Waals surface area contributed by atoms with E-state index in [-0.39, 0.29) is 0 Å². The van der Waals surface area contributed by atoms with Crippen LogP contribution >= 0.6 is 0 Å². The molecule has 0 aromatic rings. The fraction of sp³-hybridized carbons (Fsp3) is 1.00. The van der Waals surface area contributed by atoms with Gasteiger partial charge in [-0.1, -0.05) is 34.6 Å². The maximum Gasteiger partial charge on any atom is -0.0261 e. The highest BCUT2D eigenvalue weighted by molar-refractivity contribution is 5.16. The van der Waals surface area contributed by atoms with Gasteiger partial charge in [0.15, 0.2) is 0 Å². The van der Waals surface area contributed by atoms with Crippen LogP contribution in [0.15, 0.2) is 0 Å². The van der Waals surface area contributed by atoms with Gasteiger partial charge in [0.05, 0.1) is 0 Å². The van der Waals surface area contributed by atoms with Crippen molar-refractivity contribution in [3.63, 3.8) is 0 Å². The molecule has 0 aliphatic heterocycles. The lowest BCUT2D eigenvalue weighted by molar-refractivity contribution is 0.375. The van der Waals surface area contributed by atoms with Gasteiger partial charge in [0, 0.05) is 0 Å². The van der Waals surface area contributed by atoms with Crippen LogP contribution in [0, 0.1) is 28.6 Å². The minimum Gasteiger partial charge on any atom is -0.0620 e. The standard InChI is InChI=1S/C11H20/c1-7-6-11(7,5)9-8(2)10(9,3)4/h7-9H,6H2,1-5H3. The van der Waals surface area contributed by atoms with E-state index in [2.05, 4.69) is 34.6 Å². The average Bonchev–Trinajstić information content (AvgIpc) is 2.54. The van der Waals surface area contributed by atoms with Gasteiger partial charge in [-0.25, -0.2) is 0 Å². The van der Waals surface area contributed by atoms with Crippen LogP contribution < -0.4 is 0 Å². The smallest absolute Gasteiger partial charge is 0.0261 e. The molecule has 2 rings (SSSR count). The SMILES string of the molecule is CC1C(C2(C)CC2C)C1(C)C.